The number of benzene rings is 6. The van der Waals surface area contributed by atoms with Crippen LogP contribution in [-0.4, -0.2) is 59.0 Å². The number of allylic oxidation sites excluding steroid dienone is 2. The van der Waals surface area contributed by atoms with Crippen LogP contribution in [0.5, 0.6) is 5.75 Å². The number of aliphatic imine (C=N–C) groups is 4. The first-order chi connectivity index (χ1) is 42.1. The minimum atomic E-state index is -0.617. The van der Waals surface area contributed by atoms with Crippen molar-refractivity contribution in [3.05, 3.63) is 242 Å². The highest BCUT2D eigenvalue weighted by atomic mass is 35.5. The molecule has 6 aromatic rings. The lowest BCUT2D eigenvalue weighted by molar-refractivity contribution is -0.384. The second kappa shape index (κ2) is 29.4. The molecule has 24 heteroatoms. The van der Waals surface area contributed by atoms with Gasteiger partial charge in [0.15, 0.2) is 47.0 Å². The maximum absolute atomic E-state index is 12.5. The largest absolute Gasteiger partial charge is 0.497 e. The number of nitrogens with one attached hydrogen (secondary N) is 4. The molecule has 12 N–H and O–H groups in total. The average molecular weight is 1280 g/mol. The molecule has 0 amide bonds. The van der Waals surface area contributed by atoms with Crippen LogP contribution in [0.4, 0.5) is 5.69 Å². The topological polar surface area (TPSA) is 322 Å². The van der Waals surface area contributed by atoms with E-state index in [2.05, 4.69) is 41.2 Å². The summed E-state index contributed by atoms with van der Waals surface area (Å²) < 4.78 is 5.28. The first-order valence-corrected chi connectivity index (χ1v) is 28.9. The Bertz CT molecular complexity index is 4040. The number of carbonyl (C=O) groups is 4. The lowest BCUT2D eigenvalue weighted by Gasteiger charge is -2.26. The Morgan fingerprint density at radius 1 is 0.449 bits per heavy atom. The molecule has 460 valence electrons. The van der Waals surface area contributed by atoms with Crippen molar-refractivity contribution in [3.63, 3.8) is 0 Å². The summed E-state index contributed by atoms with van der Waals surface area (Å²) >= 11 is 24.5. The van der Waals surface area contributed by atoms with Crippen molar-refractivity contribution in [1.82, 2.24) is 21.3 Å². The molecule has 0 saturated heterocycles. The van der Waals surface area contributed by atoms with Crippen LogP contribution in [-0.2, 0) is 19.2 Å². The van der Waals surface area contributed by atoms with Gasteiger partial charge in [0.05, 0.1) is 23.4 Å². The van der Waals surface area contributed by atoms with E-state index in [4.69, 9.17) is 74.1 Å². The van der Waals surface area contributed by atoms with Gasteiger partial charge in [0, 0.05) is 65.9 Å². The number of rotatable bonds is 12. The Kier molecular flexibility index (Phi) is 22.1. The molecular weight excluding hydrogens is 1220 g/mol. The van der Waals surface area contributed by atoms with E-state index >= 15 is 0 Å². The molecule has 4 heterocycles. The lowest BCUT2D eigenvalue weighted by Crippen LogP contribution is -2.36. The maximum Gasteiger partial charge on any atom is 0.269 e. The molecule has 0 spiro atoms. The molecule has 0 saturated carbocycles. The van der Waals surface area contributed by atoms with E-state index in [0.717, 1.165) is 50.4 Å². The van der Waals surface area contributed by atoms with Gasteiger partial charge in [0.25, 0.3) is 5.69 Å². The smallest absolute Gasteiger partial charge is 0.269 e. The van der Waals surface area contributed by atoms with Crippen LogP contribution in [0.3, 0.4) is 0 Å². The van der Waals surface area contributed by atoms with E-state index in [-0.39, 0.29) is 52.7 Å². The average Bonchev–Trinajstić information content (AvgIpc) is 1.02. The van der Waals surface area contributed by atoms with Crippen LogP contribution < -0.4 is 48.9 Å². The fraction of sp³-hybridized carbons (Fsp3) is 0.200. The number of non-ortho nitro benzene ring substituents is 1. The predicted octanol–water partition coefficient (Wildman–Crippen LogP) is 11.5. The number of halogens is 4. The zero-order valence-corrected chi connectivity index (χ0v) is 52.9. The summed E-state index contributed by atoms with van der Waals surface area (Å²) in [6, 6.07) is 37.4. The van der Waals surface area contributed by atoms with Crippen molar-refractivity contribution in [1.29, 1.82) is 0 Å². The summed E-state index contributed by atoms with van der Waals surface area (Å²) in [7, 11) is 1.62. The predicted molar refractivity (Wildman–Crippen MR) is 353 cm³/mol. The molecule has 0 aromatic heterocycles. The number of carbonyl (C=O) groups excluding carboxylic acids is 4. The second-order valence-electron chi connectivity index (χ2n) is 20.8. The summed E-state index contributed by atoms with van der Waals surface area (Å²) in [5.41, 5.74) is 34.9. The van der Waals surface area contributed by atoms with Crippen LogP contribution in [0.1, 0.15) is 110 Å². The van der Waals surface area contributed by atoms with E-state index < -0.39 is 23.0 Å². The molecule has 0 bridgehead atoms. The van der Waals surface area contributed by atoms with Gasteiger partial charge in [0.1, 0.15) is 29.9 Å². The van der Waals surface area contributed by atoms with Crippen LogP contribution in [0.25, 0.3) is 11.4 Å². The molecule has 0 radical (unpaired) electrons. The Morgan fingerprint density at radius 2 is 0.843 bits per heavy atom. The highest BCUT2D eigenvalue weighted by Crippen LogP contribution is 2.40. The number of guanidine groups is 4. The third kappa shape index (κ3) is 16.9. The third-order valence-corrected chi connectivity index (χ3v) is 14.8. The summed E-state index contributed by atoms with van der Waals surface area (Å²) in [6.07, 6.45) is 0. The summed E-state index contributed by atoms with van der Waals surface area (Å²) in [4.78, 5) is 76.2. The Morgan fingerprint density at radius 3 is 1.27 bits per heavy atom. The van der Waals surface area contributed by atoms with E-state index in [9.17, 15) is 29.3 Å². The van der Waals surface area contributed by atoms with Gasteiger partial charge in [-0.25, -0.2) is 20.0 Å². The molecule has 4 aliphatic rings. The van der Waals surface area contributed by atoms with Gasteiger partial charge < -0.3 is 48.9 Å². The van der Waals surface area contributed by atoms with Gasteiger partial charge in [-0.2, -0.15) is 0 Å². The second-order valence-corrected chi connectivity index (χ2v) is 22.6. The van der Waals surface area contributed by atoms with E-state index in [0.29, 0.717) is 71.0 Å². The van der Waals surface area contributed by atoms with Crippen LogP contribution >= 0.6 is 46.4 Å². The molecule has 10 rings (SSSR count). The number of methoxy groups -OCH3 is 1. The van der Waals surface area contributed by atoms with Crippen LogP contribution in [0, 0.1) is 24.0 Å². The molecule has 89 heavy (non-hydrogen) atoms. The quantitative estimate of drug-likeness (QED) is 0.0417. The highest BCUT2D eigenvalue weighted by molar-refractivity contribution is 6.35. The number of nitro benzene ring substituents is 1. The summed E-state index contributed by atoms with van der Waals surface area (Å²) in [6.45, 7) is 13.5. The van der Waals surface area contributed by atoms with Gasteiger partial charge in [-0.3, -0.25) is 29.3 Å². The van der Waals surface area contributed by atoms with E-state index in [1.807, 2.05) is 93.6 Å². The van der Waals surface area contributed by atoms with Gasteiger partial charge in [0.2, 0.25) is 0 Å². The molecule has 4 aliphatic heterocycles. The number of ketones is 4. The number of Topliss-reactive ketones (excluding diaryl/α,β-unsaturated/α-hetero) is 4. The number of nitro groups is 1. The zero-order chi connectivity index (χ0) is 65.1. The highest BCUT2D eigenvalue weighted by Gasteiger charge is 2.32. The van der Waals surface area contributed by atoms with Crippen LogP contribution in [0.15, 0.2) is 187 Å². The summed E-state index contributed by atoms with van der Waals surface area (Å²) in [5.74, 6) is 1.36. The minimum absolute atomic E-state index is 0.0169. The van der Waals surface area contributed by atoms with Crippen molar-refractivity contribution < 1.29 is 28.8 Å². The van der Waals surface area contributed by atoms with Crippen molar-refractivity contribution >= 4 is 110 Å². The van der Waals surface area contributed by atoms with Gasteiger partial charge in [-0.05, 0) is 149 Å². The Balaban J connectivity index is 0.000000170. The van der Waals surface area contributed by atoms with Crippen LogP contribution in [0.2, 0.25) is 20.1 Å². The first-order valence-electron chi connectivity index (χ1n) is 27.4. The lowest BCUT2D eigenvalue weighted by atomic mass is 9.91. The zero-order valence-electron chi connectivity index (χ0n) is 49.9. The molecule has 4 unspecified atom stereocenters. The van der Waals surface area contributed by atoms with Gasteiger partial charge in [-0.15, -0.1) is 0 Å². The molecule has 4 atom stereocenters. The minimum Gasteiger partial charge on any atom is -0.497 e. The number of hydrogen-bond acceptors (Lipinski definition) is 19. The van der Waals surface area contributed by atoms with Gasteiger partial charge in [-0.1, -0.05) is 119 Å². The van der Waals surface area contributed by atoms with E-state index in [1.54, 1.807) is 62.6 Å². The first kappa shape index (κ1) is 66.9. The number of nitrogens with two attached hydrogens (primary N) is 4. The fourth-order valence-electron chi connectivity index (χ4n) is 10.3. The maximum atomic E-state index is 12.5. The summed E-state index contributed by atoms with van der Waals surface area (Å²) in [5, 5.41) is 24.5. The van der Waals surface area contributed by atoms with Crippen molar-refractivity contribution in [2.24, 2.45) is 42.9 Å². The SMILES string of the molecule is CC(=O)C1=C(C)NC(N)=NC1c1cccc([N+](=O)[O-])c1.CC(=O)C1=C(c2cccc(C)c2)NC(N)=NC1c1cc(Cl)cc(Cl)c1.CC(=O)C1=C(c2ccccc2)NC(N)=NC1c1cc(Cl)cc(Cl)c1.COc1cc(C)cc(C2N=C(N)NC(C)=C2C(C)=O)c1. The number of nitrogens with zero attached hydrogens (tertiary/aromatic N) is 5. The van der Waals surface area contributed by atoms with E-state index in [1.165, 1.54) is 39.8 Å². The number of aryl methyl sites for hydroxylation is 2. The standard InChI is InChI=1S/C19H17Cl2N3O.C18H15Cl2N3O.C15H19N3O2.C13H14N4O3/c1-10-4-3-5-12(6-10)17-16(11(2)25)18(24-19(22)23-17)13-7-14(20)9-15(21)8-13;1-10(24)15-16(11-5-3-2-4-6-11)22-18(21)23-17(15)12-7-13(19)9-14(20)8-12;1-8-5-11(7-12(6-8)20-4)14-13(10(3)19)9(2)17-15(16)18-14;1-7-11(8(2)18)12(16-13(14)15-7)9-4-3-5-10(6-9)17(19)20/h3-9,18H,1-2H3,(H3,22,23,24);2-9,17H,1H3,(H3,21,22,23);5-7,14H,1-4H3,(H3,16,17,18);3-6,12H,1-2H3,(H3,14,15,16). The number of hydrogen-bond donors (Lipinski definition) is 8. The van der Waals surface area contributed by atoms with Crippen molar-refractivity contribution in [2.75, 3.05) is 7.11 Å². The molecule has 20 nitrogen and oxygen atoms in total. The van der Waals surface area contributed by atoms with Crippen molar-refractivity contribution in [3.8, 4) is 5.75 Å². The molecule has 6 aromatic carbocycles. The third-order valence-electron chi connectivity index (χ3n) is 14.0. The number of ether oxygens (including phenoxy) is 1. The Labute approximate surface area is 534 Å². The molecule has 0 aliphatic carbocycles. The van der Waals surface area contributed by atoms with Crippen molar-refractivity contribution in [2.45, 2.75) is 79.6 Å². The molecule has 0 fully saturated rings. The normalized spacial score (nSPS) is 17.7. The van der Waals surface area contributed by atoms with Gasteiger partial charge >= 0.3 is 0 Å². The monoisotopic (exact) mass is 1280 g/mol. The fourth-order valence-corrected chi connectivity index (χ4v) is 11.4. The molecular formula is C65H65Cl4N13O7. The Hall–Kier alpha value is -9.60.